The summed E-state index contributed by atoms with van der Waals surface area (Å²) in [6.07, 6.45) is 12.2. The number of ketones is 1. The first-order valence-electron chi connectivity index (χ1n) is 4.71. The molecule has 0 N–H and O–H groups in total. The Bertz CT molecular complexity index is 201. The molecule has 0 aromatic heterocycles. The standard InChI is InChI=1S/C11H16O/c1-2-3-5-10-6-4-7-11(12)9-8-10/h4,7-10H,2-3,5-6H2,1H3/t10-/m1/s1. The van der Waals surface area contributed by atoms with E-state index in [4.69, 9.17) is 0 Å². The normalized spacial score (nSPS) is 22.8. The smallest absolute Gasteiger partial charge is 0.178 e. The van der Waals surface area contributed by atoms with E-state index in [1.807, 2.05) is 6.08 Å². The van der Waals surface area contributed by atoms with Gasteiger partial charge in [-0.1, -0.05) is 31.9 Å². The van der Waals surface area contributed by atoms with Crippen LogP contribution in [0, 0.1) is 5.92 Å². The van der Waals surface area contributed by atoms with Crippen LogP contribution in [-0.4, -0.2) is 5.78 Å². The van der Waals surface area contributed by atoms with Gasteiger partial charge in [0.25, 0.3) is 0 Å². The fourth-order valence-electron chi connectivity index (χ4n) is 1.40. The maximum Gasteiger partial charge on any atom is 0.178 e. The second-order valence-corrected chi connectivity index (χ2v) is 3.30. The molecule has 0 aromatic rings. The summed E-state index contributed by atoms with van der Waals surface area (Å²) in [6, 6.07) is 0. The minimum Gasteiger partial charge on any atom is -0.290 e. The lowest BCUT2D eigenvalue weighted by molar-refractivity contribution is -0.110. The van der Waals surface area contributed by atoms with Gasteiger partial charge in [-0.05, 0) is 30.9 Å². The van der Waals surface area contributed by atoms with Gasteiger partial charge in [0, 0.05) is 0 Å². The lowest BCUT2D eigenvalue weighted by Gasteiger charge is -2.06. The van der Waals surface area contributed by atoms with Crippen molar-refractivity contribution >= 4 is 5.78 Å². The van der Waals surface area contributed by atoms with E-state index in [0.29, 0.717) is 5.92 Å². The van der Waals surface area contributed by atoms with Gasteiger partial charge in [-0.2, -0.15) is 0 Å². The summed E-state index contributed by atoms with van der Waals surface area (Å²) >= 11 is 0. The van der Waals surface area contributed by atoms with E-state index in [-0.39, 0.29) is 5.78 Å². The lowest BCUT2D eigenvalue weighted by atomic mass is 9.99. The summed E-state index contributed by atoms with van der Waals surface area (Å²) in [5.74, 6) is 0.724. The zero-order valence-electron chi connectivity index (χ0n) is 7.62. The quantitative estimate of drug-likeness (QED) is 0.626. The predicted octanol–water partition coefficient (Wildman–Crippen LogP) is 2.88. The van der Waals surface area contributed by atoms with Crippen molar-refractivity contribution in [3.8, 4) is 0 Å². The SMILES string of the molecule is CCCC[C@H]1C=CC(=O)C=CC1. The molecule has 0 saturated carbocycles. The molecule has 1 aliphatic rings. The van der Waals surface area contributed by atoms with Crippen molar-refractivity contribution in [1.29, 1.82) is 0 Å². The van der Waals surface area contributed by atoms with Crippen molar-refractivity contribution in [2.24, 2.45) is 5.92 Å². The van der Waals surface area contributed by atoms with Crippen LogP contribution < -0.4 is 0 Å². The van der Waals surface area contributed by atoms with Gasteiger partial charge in [-0.25, -0.2) is 0 Å². The Balaban J connectivity index is 2.41. The molecule has 1 heteroatoms. The van der Waals surface area contributed by atoms with Crippen LogP contribution in [-0.2, 0) is 4.79 Å². The van der Waals surface area contributed by atoms with Crippen LogP contribution in [0.25, 0.3) is 0 Å². The van der Waals surface area contributed by atoms with E-state index in [9.17, 15) is 4.79 Å². The summed E-state index contributed by atoms with van der Waals surface area (Å²) in [7, 11) is 0. The second-order valence-electron chi connectivity index (χ2n) is 3.30. The molecule has 0 saturated heterocycles. The van der Waals surface area contributed by atoms with Gasteiger partial charge in [0.15, 0.2) is 5.78 Å². The maximum atomic E-state index is 10.9. The molecule has 0 fully saturated rings. The van der Waals surface area contributed by atoms with Crippen molar-refractivity contribution in [2.75, 3.05) is 0 Å². The lowest BCUT2D eigenvalue weighted by Crippen LogP contribution is -1.93. The number of unbranched alkanes of at least 4 members (excludes halogenated alkanes) is 1. The molecule has 0 spiro atoms. The fraction of sp³-hybridized carbons (Fsp3) is 0.545. The van der Waals surface area contributed by atoms with E-state index in [0.717, 1.165) is 6.42 Å². The van der Waals surface area contributed by atoms with Crippen molar-refractivity contribution < 1.29 is 4.79 Å². The van der Waals surface area contributed by atoms with E-state index < -0.39 is 0 Å². The maximum absolute atomic E-state index is 10.9. The van der Waals surface area contributed by atoms with Crippen LogP contribution in [0.15, 0.2) is 24.3 Å². The molecular weight excluding hydrogens is 148 g/mol. The van der Waals surface area contributed by atoms with E-state index >= 15 is 0 Å². The number of hydrogen-bond acceptors (Lipinski definition) is 1. The van der Waals surface area contributed by atoms with Crippen LogP contribution in [0.1, 0.15) is 32.6 Å². The first-order chi connectivity index (χ1) is 5.83. The molecule has 0 aliphatic heterocycles. The van der Waals surface area contributed by atoms with Gasteiger partial charge in [-0.3, -0.25) is 4.79 Å². The molecule has 1 rings (SSSR count). The summed E-state index contributed by atoms with van der Waals surface area (Å²) in [5, 5.41) is 0. The number of rotatable bonds is 3. The molecule has 0 radical (unpaired) electrons. The molecule has 12 heavy (non-hydrogen) atoms. The van der Waals surface area contributed by atoms with Crippen molar-refractivity contribution in [1.82, 2.24) is 0 Å². The van der Waals surface area contributed by atoms with Gasteiger partial charge >= 0.3 is 0 Å². The molecule has 0 bridgehead atoms. The number of carbonyl (C=O) groups is 1. The Labute approximate surface area is 74.2 Å². The van der Waals surface area contributed by atoms with E-state index in [2.05, 4.69) is 13.0 Å². The molecule has 0 heterocycles. The monoisotopic (exact) mass is 164 g/mol. The van der Waals surface area contributed by atoms with Crippen molar-refractivity contribution in [3.05, 3.63) is 24.3 Å². The summed E-state index contributed by atoms with van der Waals surface area (Å²) < 4.78 is 0. The molecule has 0 amide bonds. The molecule has 1 aliphatic carbocycles. The largest absolute Gasteiger partial charge is 0.290 e. The Kier molecular flexibility index (Phi) is 3.78. The minimum absolute atomic E-state index is 0.133. The summed E-state index contributed by atoms with van der Waals surface area (Å²) in [5.41, 5.74) is 0. The van der Waals surface area contributed by atoms with Crippen molar-refractivity contribution in [3.63, 3.8) is 0 Å². The highest BCUT2D eigenvalue weighted by Crippen LogP contribution is 2.16. The van der Waals surface area contributed by atoms with Crippen LogP contribution in [0.2, 0.25) is 0 Å². The van der Waals surface area contributed by atoms with Crippen molar-refractivity contribution in [2.45, 2.75) is 32.6 Å². The zero-order valence-corrected chi connectivity index (χ0v) is 7.62. The van der Waals surface area contributed by atoms with Gasteiger partial charge in [0.1, 0.15) is 0 Å². The Morgan fingerprint density at radius 3 is 3.08 bits per heavy atom. The third-order valence-electron chi connectivity index (χ3n) is 2.18. The fourth-order valence-corrected chi connectivity index (χ4v) is 1.40. The zero-order chi connectivity index (χ0) is 8.81. The first-order valence-corrected chi connectivity index (χ1v) is 4.71. The van der Waals surface area contributed by atoms with Crippen LogP contribution >= 0.6 is 0 Å². The van der Waals surface area contributed by atoms with Crippen LogP contribution in [0.5, 0.6) is 0 Å². The molecule has 1 atom stereocenters. The van der Waals surface area contributed by atoms with Gasteiger partial charge in [-0.15, -0.1) is 0 Å². The minimum atomic E-state index is 0.133. The average Bonchev–Trinajstić information content (AvgIpc) is 2.27. The van der Waals surface area contributed by atoms with Gasteiger partial charge in [0.05, 0.1) is 0 Å². The number of allylic oxidation sites excluding steroid dienone is 4. The van der Waals surface area contributed by atoms with Crippen LogP contribution in [0.4, 0.5) is 0 Å². The predicted molar refractivity (Wildman–Crippen MR) is 50.9 cm³/mol. The van der Waals surface area contributed by atoms with E-state index in [1.54, 1.807) is 12.2 Å². The Morgan fingerprint density at radius 2 is 2.33 bits per heavy atom. The third kappa shape index (κ3) is 3.04. The number of hydrogen-bond donors (Lipinski definition) is 0. The molecule has 66 valence electrons. The summed E-state index contributed by atoms with van der Waals surface area (Å²) in [4.78, 5) is 10.9. The Hall–Kier alpha value is -0.850. The third-order valence-corrected chi connectivity index (χ3v) is 2.18. The second kappa shape index (κ2) is 4.91. The van der Waals surface area contributed by atoms with Crippen LogP contribution in [0.3, 0.4) is 0 Å². The molecule has 0 aromatic carbocycles. The van der Waals surface area contributed by atoms with Gasteiger partial charge < -0.3 is 0 Å². The average molecular weight is 164 g/mol. The number of carbonyl (C=O) groups excluding carboxylic acids is 1. The van der Waals surface area contributed by atoms with E-state index in [1.165, 1.54) is 19.3 Å². The highest BCUT2D eigenvalue weighted by atomic mass is 16.1. The summed E-state index contributed by atoms with van der Waals surface area (Å²) in [6.45, 7) is 2.20. The highest BCUT2D eigenvalue weighted by Gasteiger charge is 2.05. The van der Waals surface area contributed by atoms with Gasteiger partial charge in [0.2, 0.25) is 0 Å². The topological polar surface area (TPSA) is 17.1 Å². The Morgan fingerprint density at radius 1 is 1.50 bits per heavy atom. The molecule has 0 unspecified atom stereocenters. The molecular formula is C11H16O. The first kappa shape index (κ1) is 9.24. The molecule has 1 nitrogen and oxygen atoms in total. The highest BCUT2D eigenvalue weighted by molar-refractivity contribution is 5.99.